The molecule has 0 saturated heterocycles. The van der Waals surface area contributed by atoms with Crippen molar-refractivity contribution < 1.29 is 0 Å². The summed E-state index contributed by atoms with van der Waals surface area (Å²) in [6.45, 7) is 6.33. The number of benzene rings is 4. The maximum absolute atomic E-state index is 6.82. The molecule has 0 amide bonds. The smallest absolute Gasteiger partial charge is 0.0630 e. The molecule has 0 atom stereocenters. The molecule has 1 nitrogen and oxygen atoms in total. The fourth-order valence-corrected chi connectivity index (χ4v) is 6.21. The Balaban J connectivity index is 0.000000331. The first kappa shape index (κ1) is 31.6. The van der Waals surface area contributed by atoms with Gasteiger partial charge in [0.25, 0.3) is 0 Å². The molecule has 3 aliphatic carbocycles. The molecule has 1 N–H and O–H groups in total. The van der Waals surface area contributed by atoms with Crippen LogP contribution in [0.15, 0.2) is 132 Å². The molecule has 44 heavy (non-hydrogen) atoms. The largest absolute Gasteiger partial charge is 0.375 e. The number of allylic oxidation sites excluding steroid dienone is 3. The molecule has 0 radical (unpaired) electrons. The molecule has 226 valence electrons. The zero-order chi connectivity index (χ0) is 30.8. The maximum Gasteiger partial charge on any atom is 0.0630 e. The molecule has 0 aromatic heterocycles. The van der Waals surface area contributed by atoms with E-state index in [1.807, 2.05) is 18.2 Å². The lowest BCUT2D eigenvalue weighted by atomic mass is 9.82. The third-order valence-corrected chi connectivity index (χ3v) is 8.82. The SMILES string of the molecule is CCC.Cc1ccccc1.Clc1ccc(NC2(C3=C(c4ccccc4)CCC=C3)CC2)cc1C(=C1CCC1)c1ccccc1. The zero-order valence-corrected chi connectivity index (χ0v) is 27.3. The molecule has 0 spiro atoms. The number of halogens is 1. The fraction of sp³-hybridized carbons (Fsp3) is 0.286. The normalized spacial score (nSPS) is 16.0. The van der Waals surface area contributed by atoms with Gasteiger partial charge in [-0.05, 0) is 97.9 Å². The van der Waals surface area contributed by atoms with Crippen molar-refractivity contribution in [3.8, 4) is 0 Å². The minimum Gasteiger partial charge on any atom is -0.375 e. The summed E-state index contributed by atoms with van der Waals surface area (Å²) in [5, 5.41) is 4.79. The van der Waals surface area contributed by atoms with Crippen LogP contribution in [0, 0.1) is 6.92 Å². The van der Waals surface area contributed by atoms with E-state index in [0.29, 0.717) is 0 Å². The quantitative estimate of drug-likeness (QED) is 0.232. The van der Waals surface area contributed by atoms with E-state index in [-0.39, 0.29) is 5.54 Å². The Hall–Kier alpha value is -3.81. The van der Waals surface area contributed by atoms with Gasteiger partial charge in [-0.3, -0.25) is 0 Å². The van der Waals surface area contributed by atoms with Crippen molar-refractivity contribution in [3.63, 3.8) is 0 Å². The summed E-state index contributed by atoms with van der Waals surface area (Å²) in [5.41, 5.74) is 12.1. The molecule has 4 aromatic carbocycles. The highest BCUT2D eigenvalue weighted by Crippen LogP contribution is 2.50. The van der Waals surface area contributed by atoms with Crippen molar-refractivity contribution in [1.82, 2.24) is 0 Å². The van der Waals surface area contributed by atoms with Gasteiger partial charge >= 0.3 is 0 Å². The Morgan fingerprint density at radius 2 is 1.39 bits per heavy atom. The van der Waals surface area contributed by atoms with Crippen LogP contribution in [0.5, 0.6) is 0 Å². The summed E-state index contributed by atoms with van der Waals surface area (Å²) in [4.78, 5) is 0. The van der Waals surface area contributed by atoms with Crippen molar-refractivity contribution in [1.29, 1.82) is 0 Å². The van der Waals surface area contributed by atoms with Crippen molar-refractivity contribution in [3.05, 3.63) is 160 Å². The van der Waals surface area contributed by atoms with Gasteiger partial charge in [0, 0.05) is 16.3 Å². The van der Waals surface area contributed by atoms with Crippen LogP contribution in [0.4, 0.5) is 5.69 Å². The number of rotatable bonds is 6. The van der Waals surface area contributed by atoms with E-state index in [0.717, 1.165) is 42.0 Å². The molecule has 2 heteroatoms. The summed E-state index contributed by atoms with van der Waals surface area (Å²) >= 11 is 6.82. The Labute approximate surface area is 270 Å². The highest BCUT2D eigenvalue weighted by molar-refractivity contribution is 6.32. The van der Waals surface area contributed by atoms with Crippen LogP contribution in [0.3, 0.4) is 0 Å². The van der Waals surface area contributed by atoms with Crippen LogP contribution in [0.1, 0.15) is 87.5 Å². The molecular weight excluding hydrogens is 554 g/mol. The lowest BCUT2D eigenvalue weighted by Crippen LogP contribution is -2.25. The first-order valence-electron chi connectivity index (χ1n) is 16.4. The fourth-order valence-electron chi connectivity index (χ4n) is 6.00. The highest BCUT2D eigenvalue weighted by Gasteiger charge is 2.46. The second-order valence-electron chi connectivity index (χ2n) is 12.2. The third-order valence-electron chi connectivity index (χ3n) is 8.49. The van der Waals surface area contributed by atoms with E-state index in [4.69, 9.17) is 11.6 Å². The second kappa shape index (κ2) is 15.3. The van der Waals surface area contributed by atoms with E-state index in [1.54, 1.807) is 0 Å². The maximum atomic E-state index is 6.82. The Bertz CT molecular complexity index is 1590. The average Bonchev–Trinajstić information content (AvgIpc) is 3.82. The molecule has 0 aliphatic heterocycles. The van der Waals surface area contributed by atoms with Crippen LogP contribution >= 0.6 is 11.6 Å². The van der Waals surface area contributed by atoms with Gasteiger partial charge in [0.05, 0.1) is 5.54 Å². The number of aryl methyl sites for hydroxylation is 1. The van der Waals surface area contributed by atoms with Gasteiger partial charge in [-0.2, -0.15) is 0 Å². The minimum absolute atomic E-state index is 0.0176. The summed E-state index contributed by atoms with van der Waals surface area (Å²) in [6, 6.07) is 38.4. The van der Waals surface area contributed by atoms with Crippen LogP contribution in [0.2, 0.25) is 5.02 Å². The van der Waals surface area contributed by atoms with Gasteiger partial charge in [0.1, 0.15) is 0 Å². The first-order valence-corrected chi connectivity index (χ1v) is 16.7. The second-order valence-corrected chi connectivity index (χ2v) is 12.6. The minimum atomic E-state index is 0.0176. The number of hydrogen-bond donors (Lipinski definition) is 1. The van der Waals surface area contributed by atoms with Crippen LogP contribution in [-0.2, 0) is 0 Å². The highest BCUT2D eigenvalue weighted by atomic mass is 35.5. The number of anilines is 1. The molecular formula is C42H46ClN. The molecule has 0 unspecified atom stereocenters. The molecule has 2 saturated carbocycles. The van der Waals surface area contributed by atoms with Gasteiger partial charge in [-0.25, -0.2) is 0 Å². The van der Waals surface area contributed by atoms with Gasteiger partial charge in [0.15, 0.2) is 0 Å². The Morgan fingerprint density at radius 3 is 1.93 bits per heavy atom. The van der Waals surface area contributed by atoms with E-state index in [2.05, 4.69) is 129 Å². The number of nitrogens with one attached hydrogen (secondary N) is 1. The summed E-state index contributed by atoms with van der Waals surface area (Å²) < 4.78 is 0. The summed E-state index contributed by atoms with van der Waals surface area (Å²) in [7, 11) is 0. The van der Waals surface area contributed by atoms with Crippen LogP contribution in [-0.4, -0.2) is 5.54 Å². The van der Waals surface area contributed by atoms with Crippen molar-refractivity contribution in [2.45, 2.75) is 77.7 Å². The van der Waals surface area contributed by atoms with Crippen molar-refractivity contribution in [2.75, 3.05) is 5.32 Å². The van der Waals surface area contributed by atoms with Crippen LogP contribution in [0.25, 0.3) is 11.1 Å². The molecule has 0 heterocycles. The predicted molar refractivity (Wildman–Crippen MR) is 192 cm³/mol. The Kier molecular flexibility index (Phi) is 11.0. The molecule has 3 aliphatic rings. The molecule has 2 fully saturated rings. The number of hydrogen-bond acceptors (Lipinski definition) is 1. The average molecular weight is 600 g/mol. The van der Waals surface area contributed by atoms with E-state index < -0.39 is 0 Å². The standard InChI is InChI=1S/C32H30ClN.C7H8.C3H8/c33-30-19-18-26(22-28(30)31(25-14-9-15-25)24-12-5-2-6-13-24)34-32(20-21-32)29-17-8-7-16-27(29)23-10-3-1-4-11-23;1-7-5-3-2-4-6-7;1-3-2/h1-6,8,10-13,17-19,22,34H,7,9,14-16,20-21H2;2-6H,1H3;3H2,1-2H3. The van der Waals surface area contributed by atoms with Crippen LogP contribution < -0.4 is 5.32 Å². The van der Waals surface area contributed by atoms with Crippen molar-refractivity contribution >= 4 is 28.4 Å². The summed E-state index contributed by atoms with van der Waals surface area (Å²) in [6.07, 6.45) is 14.1. The lowest BCUT2D eigenvalue weighted by molar-refractivity contribution is 0.666. The van der Waals surface area contributed by atoms with Gasteiger partial charge in [-0.15, -0.1) is 0 Å². The predicted octanol–water partition coefficient (Wildman–Crippen LogP) is 12.5. The first-order chi connectivity index (χ1) is 21.5. The van der Waals surface area contributed by atoms with Gasteiger partial charge in [0.2, 0.25) is 0 Å². The van der Waals surface area contributed by atoms with Gasteiger partial charge < -0.3 is 5.32 Å². The van der Waals surface area contributed by atoms with E-state index in [1.165, 1.54) is 64.7 Å². The molecule has 7 rings (SSSR count). The third kappa shape index (κ3) is 7.82. The Morgan fingerprint density at radius 1 is 0.773 bits per heavy atom. The molecule has 4 aromatic rings. The molecule has 0 bridgehead atoms. The van der Waals surface area contributed by atoms with Gasteiger partial charge in [-0.1, -0.05) is 146 Å². The topological polar surface area (TPSA) is 12.0 Å². The lowest BCUT2D eigenvalue weighted by Gasteiger charge is -2.28. The zero-order valence-electron chi connectivity index (χ0n) is 26.6. The van der Waals surface area contributed by atoms with Crippen molar-refractivity contribution in [2.24, 2.45) is 0 Å². The summed E-state index contributed by atoms with van der Waals surface area (Å²) in [5.74, 6) is 0. The van der Waals surface area contributed by atoms with E-state index >= 15 is 0 Å². The monoisotopic (exact) mass is 599 g/mol. The van der Waals surface area contributed by atoms with E-state index in [9.17, 15) is 0 Å².